The van der Waals surface area contributed by atoms with Crippen LogP contribution < -0.4 is 4.74 Å². The fraction of sp³-hybridized carbons (Fsp3) is 0.423. The molecule has 4 aromatic rings. The standard InChI is InChI=1S/C26H27FN4O4/c1-34-21-12-18(4-5-19(21)27)31-20-11-17-13-28-30-25(17)29-23(20)22(15-2-3-16(10-15)26(32)33)24(31)14-6-8-35-9-7-14/h4-5,11-16H,2-3,6-10H2,1H3,(H,32,33)(H,28,29,30)/t15-,16?/m1/s1. The van der Waals surface area contributed by atoms with Gasteiger partial charge in [-0.1, -0.05) is 0 Å². The summed E-state index contributed by atoms with van der Waals surface area (Å²) in [5.74, 6) is -1.06. The van der Waals surface area contributed by atoms with Crippen molar-refractivity contribution in [1.82, 2.24) is 19.7 Å². The summed E-state index contributed by atoms with van der Waals surface area (Å²) >= 11 is 0. The summed E-state index contributed by atoms with van der Waals surface area (Å²) in [7, 11) is 1.46. The van der Waals surface area contributed by atoms with E-state index < -0.39 is 11.8 Å². The second-order valence-electron chi connectivity index (χ2n) is 9.55. The lowest BCUT2D eigenvalue weighted by molar-refractivity contribution is -0.141. The largest absolute Gasteiger partial charge is 0.494 e. The van der Waals surface area contributed by atoms with Crippen molar-refractivity contribution in [3.63, 3.8) is 0 Å². The fourth-order valence-corrected chi connectivity index (χ4v) is 5.92. The number of methoxy groups -OCH3 is 1. The molecule has 0 bridgehead atoms. The molecule has 1 aliphatic carbocycles. The number of pyridine rings is 1. The van der Waals surface area contributed by atoms with Crippen molar-refractivity contribution in [1.29, 1.82) is 0 Å². The quantitative estimate of drug-likeness (QED) is 0.423. The van der Waals surface area contributed by atoms with Crippen molar-refractivity contribution in [3.8, 4) is 11.4 Å². The maximum atomic E-state index is 14.4. The molecular weight excluding hydrogens is 451 g/mol. The Kier molecular flexibility index (Phi) is 5.44. The van der Waals surface area contributed by atoms with Crippen molar-refractivity contribution in [3.05, 3.63) is 47.5 Å². The molecule has 4 heterocycles. The smallest absolute Gasteiger partial charge is 0.306 e. The van der Waals surface area contributed by atoms with Gasteiger partial charge in [0, 0.05) is 47.5 Å². The van der Waals surface area contributed by atoms with Crippen LogP contribution in [-0.4, -0.2) is 51.1 Å². The lowest BCUT2D eigenvalue weighted by atomic mass is 9.87. The summed E-state index contributed by atoms with van der Waals surface area (Å²) in [6.07, 6.45) is 5.49. The Balaban J connectivity index is 1.66. The molecule has 2 fully saturated rings. The van der Waals surface area contributed by atoms with Gasteiger partial charge >= 0.3 is 5.97 Å². The lowest BCUT2D eigenvalue weighted by Crippen LogP contribution is -2.19. The molecule has 0 amide bonds. The second-order valence-corrected chi connectivity index (χ2v) is 9.55. The maximum Gasteiger partial charge on any atom is 0.306 e. The van der Waals surface area contributed by atoms with Crippen LogP contribution in [-0.2, 0) is 9.53 Å². The molecule has 3 aromatic heterocycles. The van der Waals surface area contributed by atoms with E-state index in [9.17, 15) is 14.3 Å². The van der Waals surface area contributed by atoms with Crippen LogP contribution >= 0.6 is 0 Å². The van der Waals surface area contributed by atoms with Gasteiger partial charge in [0.1, 0.15) is 0 Å². The Morgan fingerprint density at radius 2 is 2.03 bits per heavy atom. The van der Waals surface area contributed by atoms with Crippen LogP contribution in [0.5, 0.6) is 5.75 Å². The van der Waals surface area contributed by atoms with E-state index in [1.807, 2.05) is 0 Å². The van der Waals surface area contributed by atoms with Gasteiger partial charge in [0.25, 0.3) is 0 Å². The zero-order valence-corrected chi connectivity index (χ0v) is 19.5. The first kappa shape index (κ1) is 22.0. The number of carboxylic acids is 1. The van der Waals surface area contributed by atoms with E-state index in [1.165, 1.54) is 13.2 Å². The number of aromatic amines is 1. The molecular formula is C26H27FN4O4. The van der Waals surface area contributed by atoms with Crippen molar-refractivity contribution in [2.45, 2.75) is 43.9 Å². The third kappa shape index (κ3) is 3.65. The number of halogens is 1. The van der Waals surface area contributed by atoms with Crippen LogP contribution in [0, 0.1) is 11.7 Å². The highest BCUT2D eigenvalue weighted by Crippen LogP contribution is 2.48. The van der Waals surface area contributed by atoms with Crippen molar-refractivity contribution in [2.24, 2.45) is 5.92 Å². The normalized spacial score (nSPS) is 21.2. The first-order chi connectivity index (χ1) is 17.0. The molecule has 0 spiro atoms. The molecule has 35 heavy (non-hydrogen) atoms. The number of nitrogens with zero attached hydrogens (tertiary/aromatic N) is 3. The number of rotatable bonds is 5. The van der Waals surface area contributed by atoms with Gasteiger partial charge < -0.3 is 19.1 Å². The first-order valence-corrected chi connectivity index (χ1v) is 12.1. The number of hydrogen-bond acceptors (Lipinski definition) is 5. The van der Waals surface area contributed by atoms with Crippen molar-refractivity contribution < 1.29 is 23.8 Å². The molecule has 1 aromatic carbocycles. The third-order valence-electron chi connectivity index (χ3n) is 7.61. The highest BCUT2D eigenvalue weighted by molar-refractivity contribution is 5.94. The second kappa shape index (κ2) is 8.64. The van der Waals surface area contributed by atoms with Gasteiger partial charge in [0.05, 0.1) is 30.3 Å². The lowest BCUT2D eigenvalue weighted by Gasteiger charge is -2.27. The van der Waals surface area contributed by atoms with E-state index in [4.69, 9.17) is 14.5 Å². The number of aromatic nitrogens is 4. The van der Waals surface area contributed by atoms with Gasteiger partial charge in [-0.25, -0.2) is 9.37 Å². The topological polar surface area (TPSA) is 102 Å². The van der Waals surface area contributed by atoms with Crippen LogP contribution in [0.4, 0.5) is 4.39 Å². The number of nitrogens with one attached hydrogen (secondary N) is 1. The Bertz CT molecular complexity index is 1420. The highest BCUT2D eigenvalue weighted by Gasteiger charge is 2.37. The SMILES string of the molecule is COc1cc(-n2c(C3CCOCC3)c([C@@H]3CCC(C(=O)O)C3)c3nc4[nH]ncc4cc32)ccc1F. The number of carbonyl (C=O) groups is 1. The van der Waals surface area contributed by atoms with Gasteiger partial charge in [-0.05, 0) is 56.2 Å². The van der Waals surface area contributed by atoms with Crippen LogP contribution in [0.1, 0.15) is 55.2 Å². The zero-order chi connectivity index (χ0) is 24.1. The van der Waals surface area contributed by atoms with E-state index in [2.05, 4.69) is 20.8 Å². The fourth-order valence-electron chi connectivity index (χ4n) is 5.92. The van der Waals surface area contributed by atoms with Gasteiger partial charge in [0.2, 0.25) is 0 Å². The summed E-state index contributed by atoms with van der Waals surface area (Å²) in [4.78, 5) is 16.8. The predicted molar refractivity (Wildman–Crippen MR) is 128 cm³/mol. The Morgan fingerprint density at radius 1 is 1.20 bits per heavy atom. The van der Waals surface area contributed by atoms with Gasteiger partial charge in [0.15, 0.2) is 17.2 Å². The number of benzene rings is 1. The Hall–Kier alpha value is -3.46. The number of hydrogen-bond donors (Lipinski definition) is 2. The van der Waals surface area contributed by atoms with E-state index in [0.29, 0.717) is 31.7 Å². The molecule has 1 saturated carbocycles. The average molecular weight is 479 g/mol. The van der Waals surface area contributed by atoms with Gasteiger partial charge in [-0.3, -0.25) is 9.89 Å². The number of fused-ring (bicyclic) bond motifs is 2. The molecule has 9 heteroatoms. The summed E-state index contributed by atoms with van der Waals surface area (Å²) in [5.41, 5.74) is 5.47. The van der Waals surface area contributed by atoms with E-state index >= 15 is 0 Å². The first-order valence-electron chi connectivity index (χ1n) is 12.1. The van der Waals surface area contributed by atoms with Gasteiger partial charge in [-0.15, -0.1) is 0 Å². The van der Waals surface area contributed by atoms with Gasteiger partial charge in [-0.2, -0.15) is 5.10 Å². The van der Waals surface area contributed by atoms with Crippen LogP contribution in [0.25, 0.3) is 27.8 Å². The highest BCUT2D eigenvalue weighted by atomic mass is 19.1. The summed E-state index contributed by atoms with van der Waals surface area (Å²) in [6.45, 7) is 1.33. The third-order valence-corrected chi connectivity index (χ3v) is 7.61. The van der Waals surface area contributed by atoms with E-state index in [0.717, 1.165) is 52.6 Å². The minimum Gasteiger partial charge on any atom is -0.494 e. The Morgan fingerprint density at radius 3 is 2.77 bits per heavy atom. The van der Waals surface area contributed by atoms with Crippen LogP contribution in [0.15, 0.2) is 30.5 Å². The minimum absolute atomic E-state index is 0.0768. The molecule has 8 nitrogen and oxygen atoms in total. The number of H-pyrrole nitrogens is 1. The van der Waals surface area contributed by atoms with Crippen molar-refractivity contribution >= 4 is 28.0 Å². The Labute approximate surface area is 201 Å². The number of ether oxygens (including phenoxy) is 2. The molecule has 1 unspecified atom stereocenters. The summed E-state index contributed by atoms with van der Waals surface area (Å²) in [6, 6.07) is 6.97. The minimum atomic E-state index is -0.740. The molecule has 182 valence electrons. The molecule has 2 atom stereocenters. The zero-order valence-electron chi connectivity index (χ0n) is 19.5. The number of carboxylic acid groups (broad SMARTS) is 1. The summed E-state index contributed by atoms with van der Waals surface area (Å²) < 4.78 is 27.5. The van der Waals surface area contributed by atoms with E-state index in [-0.39, 0.29) is 23.5 Å². The summed E-state index contributed by atoms with van der Waals surface area (Å²) in [5, 5.41) is 17.7. The van der Waals surface area contributed by atoms with Crippen LogP contribution in [0.3, 0.4) is 0 Å². The molecule has 1 saturated heterocycles. The molecule has 6 rings (SSSR count). The predicted octanol–water partition coefficient (Wildman–Crippen LogP) is 4.91. The molecule has 2 aliphatic rings. The molecule has 2 N–H and O–H groups in total. The average Bonchev–Trinajstić information content (AvgIpc) is 3.60. The van der Waals surface area contributed by atoms with E-state index in [1.54, 1.807) is 18.3 Å². The monoisotopic (exact) mass is 478 g/mol. The number of aliphatic carboxylic acids is 1. The molecule has 1 aliphatic heterocycles. The maximum absolute atomic E-state index is 14.4. The van der Waals surface area contributed by atoms with Crippen molar-refractivity contribution in [2.75, 3.05) is 20.3 Å². The molecule has 0 radical (unpaired) electrons. The van der Waals surface area contributed by atoms with Crippen LogP contribution in [0.2, 0.25) is 0 Å².